The zero-order valence-corrected chi connectivity index (χ0v) is 9.08. The highest BCUT2D eigenvalue weighted by molar-refractivity contribution is 4.95. The van der Waals surface area contributed by atoms with Crippen molar-refractivity contribution >= 4 is 0 Å². The van der Waals surface area contributed by atoms with Gasteiger partial charge in [-0.15, -0.1) is 0 Å². The maximum absolute atomic E-state index is 13.1. The van der Waals surface area contributed by atoms with E-state index >= 15 is 0 Å². The maximum Gasteiger partial charge on any atom is 0.301 e. The van der Waals surface area contributed by atoms with Gasteiger partial charge in [0.25, 0.3) is 0 Å². The number of alkyl halides is 2. The first kappa shape index (κ1) is 12.8. The third-order valence-electron chi connectivity index (χ3n) is 2.59. The number of aliphatic hydroxyl groups excluding tert-OH is 1. The molecule has 1 aliphatic heterocycles. The molecule has 0 aliphatic carbocycles. The minimum Gasteiger partial charge on any atom is -0.384 e. The van der Waals surface area contributed by atoms with Gasteiger partial charge in [-0.3, -0.25) is 0 Å². The standard InChI is InChI=1S/C10H18F2O3/c1-3-4-5-14-6-8-9(13)10(11,12)7(2)15-8/h7-9,13H,3-6H2,1-2H3/t7-,8+,9?/m0/s1. The molecule has 0 aromatic rings. The van der Waals surface area contributed by atoms with Crippen LogP contribution in [0.5, 0.6) is 0 Å². The molecule has 1 saturated heterocycles. The van der Waals surface area contributed by atoms with Crippen molar-refractivity contribution in [2.45, 2.75) is 50.9 Å². The third kappa shape index (κ3) is 2.86. The smallest absolute Gasteiger partial charge is 0.301 e. The van der Waals surface area contributed by atoms with Gasteiger partial charge in [0.1, 0.15) is 18.3 Å². The average molecular weight is 224 g/mol. The number of halogens is 2. The van der Waals surface area contributed by atoms with Crippen LogP contribution in [0.1, 0.15) is 26.7 Å². The molecule has 1 N–H and O–H groups in total. The lowest BCUT2D eigenvalue weighted by atomic mass is 10.1. The van der Waals surface area contributed by atoms with E-state index < -0.39 is 24.2 Å². The quantitative estimate of drug-likeness (QED) is 0.721. The van der Waals surface area contributed by atoms with Gasteiger partial charge in [0.05, 0.1) is 6.61 Å². The largest absolute Gasteiger partial charge is 0.384 e. The van der Waals surface area contributed by atoms with E-state index in [1.54, 1.807) is 0 Å². The van der Waals surface area contributed by atoms with E-state index in [1.165, 1.54) is 6.92 Å². The molecule has 1 rings (SSSR count). The first-order valence-electron chi connectivity index (χ1n) is 5.29. The van der Waals surface area contributed by atoms with Crippen molar-refractivity contribution in [1.82, 2.24) is 0 Å². The van der Waals surface area contributed by atoms with E-state index in [0.717, 1.165) is 12.8 Å². The zero-order valence-electron chi connectivity index (χ0n) is 9.08. The first-order chi connectivity index (χ1) is 7.00. The van der Waals surface area contributed by atoms with Crippen LogP contribution in [0, 0.1) is 0 Å². The van der Waals surface area contributed by atoms with E-state index in [4.69, 9.17) is 9.47 Å². The molecule has 3 nitrogen and oxygen atoms in total. The molecule has 0 radical (unpaired) electrons. The lowest BCUT2D eigenvalue weighted by Gasteiger charge is -2.17. The number of unbranched alkanes of at least 4 members (excludes halogenated alkanes) is 1. The van der Waals surface area contributed by atoms with Gasteiger partial charge in [0.15, 0.2) is 0 Å². The van der Waals surface area contributed by atoms with Crippen LogP contribution in [0.15, 0.2) is 0 Å². The number of aliphatic hydroxyl groups is 1. The predicted molar refractivity (Wildman–Crippen MR) is 51.0 cm³/mol. The van der Waals surface area contributed by atoms with Crippen molar-refractivity contribution in [3.05, 3.63) is 0 Å². The summed E-state index contributed by atoms with van der Waals surface area (Å²) in [7, 11) is 0. The summed E-state index contributed by atoms with van der Waals surface area (Å²) in [5, 5.41) is 9.29. The Morgan fingerprint density at radius 3 is 2.60 bits per heavy atom. The van der Waals surface area contributed by atoms with E-state index in [-0.39, 0.29) is 6.61 Å². The molecule has 15 heavy (non-hydrogen) atoms. The molecule has 0 spiro atoms. The summed E-state index contributed by atoms with van der Waals surface area (Å²) < 4.78 is 36.3. The molecule has 0 saturated carbocycles. The second kappa shape index (κ2) is 5.18. The van der Waals surface area contributed by atoms with Crippen molar-refractivity contribution in [1.29, 1.82) is 0 Å². The lowest BCUT2D eigenvalue weighted by Crippen LogP contribution is -2.40. The number of rotatable bonds is 5. The molecule has 0 aromatic heterocycles. The van der Waals surface area contributed by atoms with Crippen molar-refractivity contribution in [3.8, 4) is 0 Å². The van der Waals surface area contributed by atoms with Crippen LogP contribution >= 0.6 is 0 Å². The fourth-order valence-electron chi connectivity index (χ4n) is 1.49. The Morgan fingerprint density at radius 1 is 1.47 bits per heavy atom. The van der Waals surface area contributed by atoms with Crippen molar-refractivity contribution in [2.24, 2.45) is 0 Å². The molecule has 3 atom stereocenters. The van der Waals surface area contributed by atoms with Gasteiger partial charge < -0.3 is 14.6 Å². The average Bonchev–Trinajstić information content (AvgIpc) is 2.38. The van der Waals surface area contributed by atoms with E-state index in [9.17, 15) is 13.9 Å². The van der Waals surface area contributed by atoms with Gasteiger partial charge in [-0.1, -0.05) is 13.3 Å². The van der Waals surface area contributed by atoms with Gasteiger partial charge in [-0.25, -0.2) is 8.78 Å². The highest BCUT2D eigenvalue weighted by Gasteiger charge is 2.56. The maximum atomic E-state index is 13.1. The topological polar surface area (TPSA) is 38.7 Å². The van der Waals surface area contributed by atoms with Crippen molar-refractivity contribution in [3.63, 3.8) is 0 Å². The summed E-state index contributed by atoms with van der Waals surface area (Å²) in [5.74, 6) is -3.17. The van der Waals surface area contributed by atoms with Crippen LogP contribution in [0.2, 0.25) is 0 Å². The first-order valence-corrected chi connectivity index (χ1v) is 5.29. The normalized spacial score (nSPS) is 34.6. The molecule has 1 unspecified atom stereocenters. The molecule has 1 heterocycles. The second-order valence-corrected chi connectivity index (χ2v) is 3.86. The van der Waals surface area contributed by atoms with Crippen molar-refractivity contribution in [2.75, 3.05) is 13.2 Å². The SMILES string of the molecule is CCCCOC[C@H]1O[C@@H](C)C(F)(F)C1O. The van der Waals surface area contributed by atoms with E-state index in [0.29, 0.717) is 6.61 Å². The Kier molecular flexibility index (Phi) is 4.43. The fourth-order valence-corrected chi connectivity index (χ4v) is 1.49. The van der Waals surface area contributed by atoms with Gasteiger partial charge in [0, 0.05) is 6.61 Å². The molecule has 0 amide bonds. The van der Waals surface area contributed by atoms with E-state index in [1.807, 2.05) is 6.92 Å². The third-order valence-corrected chi connectivity index (χ3v) is 2.59. The summed E-state index contributed by atoms with van der Waals surface area (Å²) in [5.41, 5.74) is 0. The Morgan fingerprint density at radius 2 is 2.13 bits per heavy atom. The van der Waals surface area contributed by atoms with Crippen LogP contribution in [0.3, 0.4) is 0 Å². The minimum absolute atomic E-state index is 0.0289. The Balaban J connectivity index is 2.32. The highest BCUT2D eigenvalue weighted by atomic mass is 19.3. The zero-order chi connectivity index (χ0) is 11.5. The molecule has 5 heteroatoms. The number of ether oxygens (including phenoxy) is 2. The molecule has 1 aliphatic rings. The molecular formula is C10H18F2O3. The molecular weight excluding hydrogens is 206 g/mol. The van der Waals surface area contributed by atoms with E-state index in [2.05, 4.69) is 0 Å². The van der Waals surface area contributed by atoms with Gasteiger partial charge in [0.2, 0.25) is 0 Å². The summed E-state index contributed by atoms with van der Waals surface area (Å²) in [6.07, 6.45) is -2.04. The predicted octanol–water partition coefficient (Wildman–Crippen LogP) is 1.59. The Hall–Kier alpha value is -0.260. The molecule has 0 bridgehead atoms. The number of hydrogen-bond donors (Lipinski definition) is 1. The highest BCUT2D eigenvalue weighted by Crippen LogP contribution is 2.35. The Labute approximate surface area is 88.4 Å². The van der Waals surface area contributed by atoms with Crippen LogP contribution in [0.25, 0.3) is 0 Å². The van der Waals surface area contributed by atoms with Crippen LogP contribution in [-0.4, -0.2) is 42.6 Å². The van der Waals surface area contributed by atoms with Crippen LogP contribution < -0.4 is 0 Å². The second-order valence-electron chi connectivity index (χ2n) is 3.86. The molecule has 90 valence electrons. The summed E-state index contributed by atoms with van der Waals surface area (Å²) >= 11 is 0. The Bertz CT molecular complexity index is 199. The fraction of sp³-hybridized carbons (Fsp3) is 1.00. The summed E-state index contributed by atoms with van der Waals surface area (Å²) in [6, 6.07) is 0. The van der Waals surface area contributed by atoms with Gasteiger partial charge >= 0.3 is 5.92 Å². The molecule has 1 fully saturated rings. The summed E-state index contributed by atoms with van der Waals surface area (Å²) in [4.78, 5) is 0. The minimum atomic E-state index is -3.17. The lowest BCUT2D eigenvalue weighted by molar-refractivity contribution is -0.106. The van der Waals surface area contributed by atoms with Gasteiger partial charge in [-0.2, -0.15) is 0 Å². The van der Waals surface area contributed by atoms with Crippen molar-refractivity contribution < 1.29 is 23.4 Å². The van der Waals surface area contributed by atoms with Gasteiger partial charge in [-0.05, 0) is 13.3 Å². The number of hydrogen-bond acceptors (Lipinski definition) is 3. The molecule has 0 aromatic carbocycles. The summed E-state index contributed by atoms with van der Waals surface area (Å²) in [6.45, 7) is 3.82. The monoisotopic (exact) mass is 224 g/mol. The van der Waals surface area contributed by atoms with Crippen LogP contribution in [0.4, 0.5) is 8.78 Å². The van der Waals surface area contributed by atoms with Crippen LogP contribution in [-0.2, 0) is 9.47 Å².